The molecule has 0 saturated carbocycles. The third kappa shape index (κ3) is 4.03. The minimum Gasteiger partial charge on any atom is -0.457 e. The van der Waals surface area contributed by atoms with Gasteiger partial charge in [0.05, 0.1) is 22.4 Å². The van der Waals surface area contributed by atoms with Crippen LogP contribution < -0.4 is 14.5 Å². The number of hydrogen-bond acceptors (Lipinski definition) is 5. The van der Waals surface area contributed by atoms with Crippen LogP contribution in [0, 0.1) is 20.8 Å². The second-order valence-electron chi connectivity index (χ2n) is 12.2. The van der Waals surface area contributed by atoms with Crippen molar-refractivity contribution in [2.24, 2.45) is 0 Å². The molecule has 4 heterocycles. The Kier molecular flexibility index (Phi) is 5.81. The van der Waals surface area contributed by atoms with Crippen LogP contribution in [0.3, 0.4) is 0 Å². The van der Waals surface area contributed by atoms with E-state index in [0.29, 0.717) is 0 Å². The molecule has 1 aliphatic heterocycles. The Labute approximate surface area is 266 Å². The van der Waals surface area contributed by atoms with Gasteiger partial charge >= 0.3 is 0 Å². The van der Waals surface area contributed by atoms with E-state index < -0.39 is 0 Å². The molecule has 0 aliphatic carbocycles. The van der Waals surface area contributed by atoms with Crippen LogP contribution in [0.2, 0.25) is 0 Å². The van der Waals surface area contributed by atoms with Crippen molar-refractivity contribution in [1.29, 1.82) is 0 Å². The summed E-state index contributed by atoms with van der Waals surface area (Å²) in [6, 6.07) is 40.1. The number of hydrogen-bond donors (Lipinski definition) is 0. The van der Waals surface area contributed by atoms with Crippen molar-refractivity contribution in [3.05, 3.63) is 138 Å². The fourth-order valence-electron chi connectivity index (χ4n) is 7.29. The van der Waals surface area contributed by atoms with Gasteiger partial charge in [-0.05, 0) is 104 Å². The maximum atomic E-state index is 6.58. The predicted molar refractivity (Wildman–Crippen MR) is 188 cm³/mol. The molecule has 0 radical (unpaired) electrons. The number of aryl methyl sites for hydroxylation is 3. The predicted octanol–water partition coefficient (Wildman–Crippen LogP) is 10.2. The molecule has 0 fully saturated rings. The first-order chi connectivity index (χ1) is 22.5. The Morgan fingerprint density at radius 2 is 1.37 bits per heavy atom. The van der Waals surface area contributed by atoms with Gasteiger partial charge in [0.15, 0.2) is 0 Å². The summed E-state index contributed by atoms with van der Waals surface area (Å²) in [6.45, 7) is 7.29. The van der Waals surface area contributed by atoms with Gasteiger partial charge in [0.1, 0.15) is 29.5 Å². The number of benzene rings is 5. The van der Waals surface area contributed by atoms with E-state index in [1.54, 1.807) is 0 Å². The zero-order valence-electron chi connectivity index (χ0n) is 25.9. The number of aromatic nitrogens is 3. The molecule has 222 valence electrons. The summed E-state index contributed by atoms with van der Waals surface area (Å²) in [4.78, 5) is 14.6. The minimum absolute atomic E-state index is 0.718. The first-order valence-corrected chi connectivity index (χ1v) is 15.6. The van der Waals surface area contributed by atoms with Crippen LogP contribution in [0.4, 0.5) is 22.7 Å². The van der Waals surface area contributed by atoms with Crippen LogP contribution in [0.1, 0.15) is 16.7 Å². The maximum absolute atomic E-state index is 6.58. The van der Waals surface area contributed by atoms with Gasteiger partial charge in [-0.25, -0.2) is 9.97 Å². The Morgan fingerprint density at radius 1 is 0.609 bits per heavy atom. The summed E-state index contributed by atoms with van der Waals surface area (Å²) in [6.07, 6.45) is 1.84. The molecule has 0 amide bonds. The van der Waals surface area contributed by atoms with Crippen molar-refractivity contribution in [1.82, 2.24) is 14.4 Å². The summed E-state index contributed by atoms with van der Waals surface area (Å²) in [5.41, 5.74) is 12.3. The summed E-state index contributed by atoms with van der Waals surface area (Å²) in [5, 5.41) is 3.21. The van der Waals surface area contributed by atoms with E-state index in [0.717, 1.165) is 62.3 Å². The normalized spacial score (nSPS) is 12.9. The van der Waals surface area contributed by atoms with Crippen molar-refractivity contribution in [3.63, 3.8) is 0 Å². The van der Waals surface area contributed by atoms with Gasteiger partial charge < -0.3 is 14.5 Å². The zero-order valence-corrected chi connectivity index (χ0v) is 25.9. The zero-order chi connectivity index (χ0) is 30.9. The third-order valence-corrected chi connectivity index (χ3v) is 9.10. The second kappa shape index (κ2) is 10.1. The van der Waals surface area contributed by atoms with E-state index in [9.17, 15) is 0 Å². The summed E-state index contributed by atoms with van der Waals surface area (Å²) in [7, 11) is 0. The highest BCUT2D eigenvalue weighted by molar-refractivity contribution is 6.13. The molecule has 6 heteroatoms. The van der Waals surface area contributed by atoms with Gasteiger partial charge in [-0.3, -0.25) is 4.40 Å². The smallest absolute Gasteiger partial charge is 0.147 e. The Morgan fingerprint density at radius 3 is 2.22 bits per heavy atom. The molecule has 3 aromatic heterocycles. The molecule has 0 spiro atoms. The highest BCUT2D eigenvalue weighted by atomic mass is 16.5. The molecule has 9 rings (SSSR count). The highest BCUT2D eigenvalue weighted by Crippen LogP contribution is 2.46. The van der Waals surface area contributed by atoms with Gasteiger partial charge in [-0.15, -0.1) is 0 Å². The highest BCUT2D eigenvalue weighted by Gasteiger charge is 2.29. The van der Waals surface area contributed by atoms with Gasteiger partial charge in [0.25, 0.3) is 0 Å². The first kappa shape index (κ1) is 26.5. The molecule has 8 aromatic rings. The summed E-state index contributed by atoms with van der Waals surface area (Å²) < 4.78 is 8.74. The molecular weight excluding hydrogens is 566 g/mol. The lowest BCUT2D eigenvalue weighted by Crippen LogP contribution is -2.25. The standard InChI is InChI=1S/C40H31N5O/c1-25-20-26(2)38(27(3)21-25)44-24-43(36-15-6-7-16-37(36)44)28-10-8-11-29(22-28)46-30-17-18-31-32-12-9-19-41-39(32)45-35-14-5-4-13-34(35)42-40(45)33(31)23-30/h4-23H,24H2,1-3H3. The van der Waals surface area contributed by atoms with Crippen LogP contribution >= 0.6 is 0 Å². The molecule has 0 unspecified atom stereocenters. The van der Waals surface area contributed by atoms with Crippen LogP contribution in [-0.4, -0.2) is 21.0 Å². The van der Waals surface area contributed by atoms with Crippen molar-refractivity contribution in [2.75, 3.05) is 16.5 Å². The lowest BCUT2D eigenvalue weighted by molar-refractivity contribution is 0.483. The molecule has 1 aliphatic rings. The van der Waals surface area contributed by atoms with E-state index in [-0.39, 0.29) is 0 Å². The second-order valence-corrected chi connectivity index (χ2v) is 12.2. The number of anilines is 4. The number of rotatable bonds is 4. The topological polar surface area (TPSA) is 45.9 Å². The number of imidazole rings is 1. The van der Waals surface area contributed by atoms with E-state index in [4.69, 9.17) is 14.7 Å². The molecule has 0 saturated heterocycles. The lowest BCUT2D eigenvalue weighted by Gasteiger charge is -2.25. The van der Waals surface area contributed by atoms with E-state index in [1.807, 2.05) is 42.6 Å². The molecule has 6 nitrogen and oxygen atoms in total. The van der Waals surface area contributed by atoms with Crippen LogP contribution in [0.5, 0.6) is 11.5 Å². The number of ether oxygens (including phenoxy) is 1. The Bertz CT molecular complexity index is 2470. The average Bonchev–Trinajstić information content (AvgIpc) is 3.64. The summed E-state index contributed by atoms with van der Waals surface area (Å²) in [5.74, 6) is 1.54. The quantitative estimate of drug-likeness (QED) is 0.189. The molecular formula is C40H31N5O. The van der Waals surface area contributed by atoms with Crippen molar-refractivity contribution in [3.8, 4) is 11.5 Å². The van der Waals surface area contributed by atoms with Gasteiger partial charge in [-0.1, -0.05) is 48.0 Å². The van der Waals surface area contributed by atoms with Crippen molar-refractivity contribution >= 4 is 61.2 Å². The van der Waals surface area contributed by atoms with Gasteiger partial charge in [-0.2, -0.15) is 0 Å². The monoisotopic (exact) mass is 597 g/mol. The van der Waals surface area contributed by atoms with Crippen molar-refractivity contribution in [2.45, 2.75) is 20.8 Å². The van der Waals surface area contributed by atoms with Crippen LogP contribution in [0.25, 0.3) is 38.5 Å². The van der Waals surface area contributed by atoms with Gasteiger partial charge in [0.2, 0.25) is 0 Å². The number of pyridine rings is 2. The van der Waals surface area contributed by atoms with E-state index in [2.05, 4.69) is 114 Å². The number of nitrogens with zero attached hydrogens (tertiary/aromatic N) is 5. The summed E-state index contributed by atoms with van der Waals surface area (Å²) >= 11 is 0. The van der Waals surface area contributed by atoms with E-state index >= 15 is 0 Å². The molecule has 0 N–H and O–H groups in total. The SMILES string of the molecule is Cc1cc(C)c(N2CN(c3cccc(Oc4ccc5c6cccnc6n6c7ccccc7nc6c5c4)c3)c3ccccc32)c(C)c1. The minimum atomic E-state index is 0.718. The van der Waals surface area contributed by atoms with Crippen LogP contribution in [0.15, 0.2) is 121 Å². The average molecular weight is 598 g/mol. The lowest BCUT2D eigenvalue weighted by atomic mass is 10.0. The molecule has 0 bridgehead atoms. The van der Waals surface area contributed by atoms with Crippen molar-refractivity contribution < 1.29 is 4.74 Å². The molecule has 5 aromatic carbocycles. The number of fused-ring (bicyclic) bond motifs is 9. The molecule has 46 heavy (non-hydrogen) atoms. The first-order valence-electron chi connectivity index (χ1n) is 15.6. The fraction of sp³-hybridized carbons (Fsp3) is 0.100. The largest absolute Gasteiger partial charge is 0.457 e. The number of para-hydroxylation sites is 4. The maximum Gasteiger partial charge on any atom is 0.147 e. The Hall–Kier alpha value is -5.88. The molecule has 0 atom stereocenters. The van der Waals surface area contributed by atoms with E-state index in [1.165, 1.54) is 33.8 Å². The third-order valence-electron chi connectivity index (χ3n) is 9.10. The van der Waals surface area contributed by atoms with Crippen LogP contribution in [-0.2, 0) is 0 Å². The fourth-order valence-corrected chi connectivity index (χ4v) is 7.29. The van der Waals surface area contributed by atoms with Gasteiger partial charge in [0, 0.05) is 34.4 Å². The Balaban J connectivity index is 1.11.